The molecule has 2 aliphatic heterocycles. The molecule has 11 heteroatoms. The maximum Gasteiger partial charge on any atom is 0.318 e. The van der Waals surface area contributed by atoms with Crippen LogP contribution in [0.5, 0.6) is 0 Å². The van der Waals surface area contributed by atoms with E-state index in [9.17, 15) is 19.2 Å². The molecular weight excluding hydrogens is 550 g/mol. The molecule has 5 bridgehead atoms. The van der Waals surface area contributed by atoms with Crippen LogP contribution in [0.1, 0.15) is 64.8 Å². The summed E-state index contributed by atoms with van der Waals surface area (Å²) in [5.41, 5.74) is 4.15. The van der Waals surface area contributed by atoms with Gasteiger partial charge in [0.25, 0.3) is 11.8 Å². The Morgan fingerprint density at radius 3 is 2.53 bits per heavy atom. The predicted molar refractivity (Wildman–Crippen MR) is 162 cm³/mol. The standard InChI is InChI=1S/C32H43N5O6/c1-19(2)27-28(38)33-20(3)29(39)37-16-8-9-25(35-37)30(40)36(6)21(4)24-13-12-23-11-10-22(17-26(23)34-24)14-15-32(5,18-42-7)31(41)43-27/h10-15,17,19-21,25,27,35H,8-9,16,18H2,1-7H3,(H,33,38)/b15-14+/t20?,21-,25?,27?,32?/m1/s1. The number of aromatic nitrogens is 1. The number of carbonyl (C=O) groups is 4. The first kappa shape index (κ1) is 32.1. The van der Waals surface area contributed by atoms with Crippen LogP contribution in [0.2, 0.25) is 0 Å². The van der Waals surface area contributed by atoms with Gasteiger partial charge in [0.2, 0.25) is 5.91 Å². The maximum absolute atomic E-state index is 13.5. The van der Waals surface area contributed by atoms with E-state index in [1.54, 1.807) is 51.8 Å². The minimum Gasteiger partial charge on any atom is -0.451 e. The van der Waals surface area contributed by atoms with Gasteiger partial charge in [-0.15, -0.1) is 0 Å². The van der Waals surface area contributed by atoms with E-state index < -0.39 is 35.5 Å². The zero-order valence-corrected chi connectivity index (χ0v) is 26.0. The Labute approximate surface area is 252 Å². The van der Waals surface area contributed by atoms with E-state index in [0.29, 0.717) is 19.4 Å². The molecule has 4 rings (SSSR count). The fraction of sp³-hybridized carbons (Fsp3) is 0.531. The summed E-state index contributed by atoms with van der Waals surface area (Å²) in [5, 5.41) is 5.04. The lowest BCUT2D eigenvalue weighted by molar-refractivity contribution is -0.168. The first-order chi connectivity index (χ1) is 20.3. The quantitative estimate of drug-likeness (QED) is 0.520. The Hall–Kier alpha value is -3.83. The minimum absolute atomic E-state index is 0.0271. The van der Waals surface area contributed by atoms with Crippen LogP contribution < -0.4 is 10.7 Å². The molecule has 43 heavy (non-hydrogen) atoms. The minimum atomic E-state index is -1.20. The molecule has 2 aliphatic rings. The van der Waals surface area contributed by atoms with Gasteiger partial charge in [-0.05, 0) is 57.2 Å². The molecule has 2 N–H and O–H groups in total. The number of nitrogens with zero attached hydrogens (tertiary/aromatic N) is 3. The van der Waals surface area contributed by atoms with Crippen molar-refractivity contribution < 1.29 is 28.7 Å². The summed E-state index contributed by atoms with van der Waals surface area (Å²) >= 11 is 0. The summed E-state index contributed by atoms with van der Waals surface area (Å²) in [6, 6.07) is 7.81. The van der Waals surface area contributed by atoms with Crippen molar-refractivity contribution in [3.8, 4) is 0 Å². The maximum atomic E-state index is 13.5. The second kappa shape index (κ2) is 13.2. The molecule has 0 radical (unpaired) electrons. The van der Waals surface area contributed by atoms with Gasteiger partial charge in [-0.25, -0.2) is 5.43 Å². The van der Waals surface area contributed by atoms with E-state index in [1.165, 1.54) is 12.1 Å². The van der Waals surface area contributed by atoms with Crippen molar-refractivity contribution >= 4 is 40.7 Å². The van der Waals surface area contributed by atoms with Crippen molar-refractivity contribution in [2.24, 2.45) is 11.3 Å². The summed E-state index contributed by atoms with van der Waals surface area (Å²) < 4.78 is 11.2. The highest BCUT2D eigenvalue weighted by Gasteiger charge is 2.39. The molecule has 3 amide bonds. The number of ether oxygens (including phenoxy) is 2. The molecule has 1 aromatic heterocycles. The van der Waals surface area contributed by atoms with Crippen LogP contribution in [0.15, 0.2) is 36.4 Å². The highest BCUT2D eigenvalue weighted by Crippen LogP contribution is 2.27. The molecule has 0 saturated carbocycles. The fourth-order valence-electron chi connectivity index (χ4n) is 5.33. The van der Waals surface area contributed by atoms with Gasteiger partial charge in [-0.1, -0.05) is 44.2 Å². The molecule has 11 nitrogen and oxygen atoms in total. The Bertz CT molecular complexity index is 1410. The first-order valence-corrected chi connectivity index (χ1v) is 14.8. The van der Waals surface area contributed by atoms with E-state index in [4.69, 9.17) is 14.5 Å². The number of cyclic esters (lactones) is 1. The molecule has 1 fully saturated rings. The van der Waals surface area contributed by atoms with Crippen LogP contribution in [0.4, 0.5) is 0 Å². The van der Waals surface area contributed by atoms with Gasteiger partial charge in [0.15, 0.2) is 6.10 Å². The number of carbonyl (C=O) groups excluding carboxylic acids is 4. The number of hydrazine groups is 1. The number of fused-ring (bicyclic) bond motifs is 4. The molecular formula is C32H43N5O6. The number of benzene rings is 1. The van der Waals surface area contributed by atoms with Gasteiger partial charge in [-0.3, -0.25) is 29.2 Å². The molecule has 1 saturated heterocycles. The van der Waals surface area contributed by atoms with Gasteiger partial charge >= 0.3 is 5.97 Å². The third-order valence-corrected chi connectivity index (χ3v) is 8.23. The number of hydrogen-bond acceptors (Lipinski definition) is 8. The van der Waals surface area contributed by atoms with E-state index >= 15 is 0 Å². The fourth-order valence-corrected chi connectivity index (χ4v) is 5.33. The molecule has 5 atom stereocenters. The average Bonchev–Trinajstić information content (AvgIpc) is 3.00. The molecule has 0 spiro atoms. The largest absolute Gasteiger partial charge is 0.451 e. The lowest BCUT2D eigenvalue weighted by atomic mass is 9.90. The number of nitrogens with one attached hydrogen (secondary N) is 2. The third-order valence-electron chi connectivity index (χ3n) is 8.23. The lowest BCUT2D eigenvalue weighted by Crippen LogP contribution is -2.61. The second-order valence-corrected chi connectivity index (χ2v) is 12.1. The molecule has 4 unspecified atom stereocenters. The number of rotatable bonds is 3. The van der Waals surface area contributed by atoms with Gasteiger partial charge in [0, 0.05) is 26.1 Å². The highest BCUT2D eigenvalue weighted by atomic mass is 16.6. The van der Waals surface area contributed by atoms with Crippen molar-refractivity contribution in [2.45, 2.75) is 71.7 Å². The summed E-state index contributed by atoms with van der Waals surface area (Å²) in [6.45, 7) is 9.14. The second-order valence-electron chi connectivity index (χ2n) is 12.1. The smallest absolute Gasteiger partial charge is 0.318 e. The zero-order valence-electron chi connectivity index (χ0n) is 26.0. The van der Waals surface area contributed by atoms with E-state index in [0.717, 1.165) is 22.2 Å². The summed E-state index contributed by atoms with van der Waals surface area (Å²) in [5.74, 6) is -2.11. The zero-order chi connectivity index (χ0) is 31.5. The molecule has 0 aliphatic carbocycles. The predicted octanol–water partition coefficient (Wildman–Crippen LogP) is 3.00. The Morgan fingerprint density at radius 1 is 1.12 bits per heavy atom. The number of likely N-dealkylation sites (N-methyl/N-ethyl adjacent to an activating group) is 1. The van der Waals surface area contributed by atoms with Crippen molar-refractivity contribution in [3.63, 3.8) is 0 Å². The van der Waals surface area contributed by atoms with Gasteiger partial charge in [0.05, 0.1) is 23.9 Å². The summed E-state index contributed by atoms with van der Waals surface area (Å²) in [6.07, 6.45) is 3.56. The van der Waals surface area contributed by atoms with Gasteiger partial charge in [-0.2, -0.15) is 0 Å². The van der Waals surface area contributed by atoms with Crippen LogP contribution in [0.25, 0.3) is 17.0 Å². The molecule has 3 heterocycles. The SMILES string of the molecule is COCC1(C)/C=C/c2ccc3ccc(nc3c2)[C@@H](C)N(C)C(=O)C2CCCN(N2)C(=O)C(C)NC(=O)C(C(C)C)OC1=O. The van der Waals surface area contributed by atoms with Crippen molar-refractivity contribution in [1.82, 2.24) is 25.6 Å². The van der Waals surface area contributed by atoms with Crippen LogP contribution >= 0.6 is 0 Å². The van der Waals surface area contributed by atoms with E-state index in [2.05, 4.69) is 10.7 Å². The monoisotopic (exact) mass is 593 g/mol. The van der Waals surface area contributed by atoms with Crippen LogP contribution in [-0.2, 0) is 28.7 Å². The number of esters is 1. The van der Waals surface area contributed by atoms with Gasteiger partial charge in [0.1, 0.15) is 17.5 Å². The normalized spacial score (nSPS) is 28.7. The van der Waals surface area contributed by atoms with Crippen molar-refractivity contribution in [2.75, 3.05) is 27.3 Å². The molecule has 2 aromatic rings. The Kier molecular flexibility index (Phi) is 9.86. The summed E-state index contributed by atoms with van der Waals surface area (Å²) in [4.78, 5) is 60.3. The Morgan fingerprint density at radius 2 is 1.84 bits per heavy atom. The Balaban J connectivity index is 1.77. The van der Waals surface area contributed by atoms with Gasteiger partial charge < -0.3 is 19.7 Å². The third kappa shape index (κ3) is 7.05. The topological polar surface area (TPSA) is 130 Å². The molecule has 232 valence electrons. The van der Waals surface area contributed by atoms with Crippen molar-refractivity contribution in [1.29, 1.82) is 0 Å². The number of pyridine rings is 1. The lowest BCUT2D eigenvalue weighted by Gasteiger charge is -2.37. The van der Waals surface area contributed by atoms with Crippen LogP contribution in [0, 0.1) is 11.3 Å². The number of amides is 3. The first-order valence-electron chi connectivity index (χ1n) is 14.8. The van der Waals surface area contributed by atoms with Crippen molar-refractivity contribution in [3.05, 3.63) is 47.7 Å². The number of methoxy groups -OCH3 is 1. The van der Waals surface area contributed by atoms with E-state index in [1.807, 2.05) is 37.3 Å². The van der Waals surface area contributed by atoms with Crippen LogP contribution in [0.3, 0.4) is 0 Å². The molecule has 1 aromatic carbocycles. The number of hydrogen-bond donors (Lipinski definition) is 2. The average molecular weight is 594 g/mol. The van der Waals surface area contributed by atoms with E-state index in [-0.39, 0.29) is 30.4 Å². The highest BCUT2D eigenvalue weighted by molar-refractivity contribution is 5.91. The van der Waals surface area contributed by atoms with Crippen LogP contribution in [-0.4, -0.2) is 84.1 Å². The summed E-state index contributed by atoms with van der Waals surface area (Å²) in [7, 11) is 3.23.